The third-order valence-electron chi connectivity index (χ3n) is 5.04. The van der Waals surface area contributed by atoms with Gasteiger partial charge in [0.2, 0.25) is 5.89 Å². The van der Waals surface area contributed by atoms with E-state index >= 15 is 0 Å². The number of carbonyl (C=O) groups excluding carboxylic acids is 2. The first-order chi connectivity index (χ1) is 16.5. The van der Waals surface area contributed by atoms with Crippen LogP contribution in [0.5, 0.6) is 0 Å². The Morgan fingerprint density at radius 1 is 1.29 bits per heavy atom. The van der Waals surface area contributed by atoms with E-state index in [9.17, 15) is 33.0 Å². The third kappa shape index (κ3) is 5.51. The van der Waals surface area contributed by atoms with Crippen molar-refractivity contribution < 1.29 is 42.0 Å². The molecule has 4 N–H and O–H groups in total. The number of hydrogen-bond acceptors (Lipinski definition) is 11. The van der Waals surface area contributed by atoms with Crippen molar-refractivity contribution in [2.75, 3.05) is 11.5 Å². The minimum Gasteiger partial charge on any atom is -0.477 e. The van der Waals surface area contributed by atoms with Crippen molar-refractivity contribution in [1.29, 1.82) is 0 Å². The number of rotatable bonds is 9. The zero-order valence-corrected chi connectivity index (χ0v) is 20.0. The molecular weight excluding hydrogens is 524 g/mol. The number of aliphatic hydroxyl groups is 1. The molecule has 35 heavy (non-hydrogen) atoms. The molecule has 2 amide bonds. The van der Waals surface area contributed by atoms with Gasteiger partial charge in [0.1, 0.15) is 17.1 Å². The van der Waals surface area contributed by atoms with E-state index in [2.05, 4.69) is 15.5 Å². The SMILES string of the molecule is O=C(O)C1=C(CSc2nnc(CS(=O)(=O)O)o2)CS[C@@H]2C(NC(=O)[C@H](O)c3ccccc3)C(=O)N12. The maximum Gasteiger partial charge on any atom is 0.352 e. The van der Waals surface area contributed by atoms with E-state index in [0.717, 1.165) is 16.7 Å². The van der Waals surface area contributed by atoms with E-state index in [1.54, 1.807) is 30.3 Å². The Hall–Kier alpha value is -2.92. The second-order valence-corrected chi connectivity index (χ2v) is 10.9. The number of hydrogen-bond donors (Lipinski definition) is 4. The molecule has 0 aliphatic carbocycles. The van der Waals surface area contributed by atoms with Crippen molar-refractivity contribution in [3.05, 3.63) is 53.1 Å². The highest BCUT2D eigenvalue weighted by Gasteiger charge is 2.54. The molecule has 1 unspecified atom stereocenters. The lowest BCUT2D eigenvalue weighted by molar-refractivity contribution is -0.151. The summed E-state index contributed by atoms with van der Waals surface area (Å²) in [6.45, 7) is 0. The number of aliphatic carboxylic acids is 1. The van der Waals surface area contributed by atoms with Gasteiger partial charge in [0, 0.05) is 11.5 Å². The molecule has 1 aromatic heterocycles. The number of nitrogens with one attached hydrogen (secondary N) is 1. The van der Waals surface area contributed by atoms with Gasteiger partial charge in [0.05, 0.1) is 0 Å². The lowest BCUT2D eigenvalue weighted by Crippen LogP contribution is -2.70. The summed E-state index contributed by atoms with van der Waals surface area (Å²) in [4.78, 5) is 38.2. The molecule has 3 heterocycles. The van der Waals surface area contributed by atoms with Crippen LogP contribution in [0.25, 0.3) is 0 Å². The summed E-state index contributed by atoms with van der Waals surface area (Å²) in [5.74, 6) is -3.61. The van der Waals surface area contributed by atoms with Gasteiger partial charge in [-0.1, -0.05) is 42.1 Å². The first kappa shape index (κ1) is 25.2. The van der Waals surface area contributed by atoms with Crippen LogP contribution in [0.3, 0.4) is 0 Å². The highest BCUT2D eigenvalue weighted by molar-refractivity contribution is 8.01. The van der Waals surface area contributed by atoms with Crippen LogP contribution in [-0.4, -0.2) is 79.0 Å². The summed E-state index contributed by atoms with van der Waals surface area (Å²) in [6.07, 6.45) is -1.48. The monoisotopic (exact) mass is 542 g/mol. The molecule has 3 atom stereocenters. The first-order valence-electron chi connectivity index (χ1n) is 9.89. The van der Waals surface area contributed by atoms with Gasteiger partial charge in [0.25, 0.3) is 27.2 Å². The van der Waals surface area contributed by atoms with E-state index in [1.165, 1.54) is 11.8 Å². The Morgan fingerprint density at radius 2 is 2.00 bits per heavy atom. The molecule has 0 saturated carbocycles. The van der Waals surface area contributed by atoms with Crippen LogP contribution < -0.4 is 5.32 Å². The van der Waals surface area contributed by atoms with Crippen LogP contribution in [0.15, 0.2) is 51.2 Å². The van der Waals surface area contributed by atoms with Gasteiger partial charge >= 0.3 is 5.97 Å². The molecule has 13 nitrogen and oxygen atoms in total. The molecule has 2 aliphatic rings. The zero-order valence-electron chi connectivity index (χ0n) is 17.6. The van der Waals surface area contributed by atoms with Crippen LogP contribution in [0, 0.1) is 0 Å². The van der Waals surface area contributed by atoms with Crippen molar-refractivity contribution in [1.82, 2.24) is 20.4 Å². The van der Waals surface area contributed by atoms with E-state index in [0.29, 0.717) is 11.1 Å². The summed E-state index contributed by atoms with van der Waals surface area (Å²) in [6, 6.07) is 7.19. The first-order valence-corrected chi connectivity index (χ1v) is 13.5. The van der Waals surface area contributed by atoms with Crippen molar-refractivity contribution in [3.63, 3.8) is 0 Å². The Balaban J connectivity index is 1.43. The highest BCUT2D eigenvalue weighted by Crippen LogP contribution is 2.41. The summed E-state index contributed by atoms with van der Waals surface area (Å²) in [5.41, 5.74) is 0.523. The molecule has 1 fully saturated rings. The fraction of sp³-hybridized carbons (Fsp3) is 0.316. The number of aliphatic hydroxyl groups excluding tert-OH is 1. The lowest BCUT2D eigenvalue weighted by Gasteiger charge is -2.49. The van der Waals surface area contributed by atoms with E-state index < -0.39 is 51.2 Å². The average Bonchev–Trinajstić information content (AvgIpc) is 3.25. The average molecular weight is 543 g/mol. The van der Waals surface area contributed by atoms with Gasteiger partial charge in [-0.2, -0.15) is 8.42 Å². The fourth-order valence-electron chi connectivity index (χ4n) is 3.47. The van der Waals surface area contributed by atoms with Crippen molar-refractivity contribution in [3.8, 4) is 0 Å². The van der Waals surface area contributed by atoms with E-state index in [-0.39, 0.29) is 28.3 Å². The second kappa shape index (κ2) is 9.98. The van der Waals surface area contributed by atoms with Crippen LogP contribution in [0.4, 0.5) is 0 Å². The Kier molecular flexibility index (Phi) is 7.18. The molecule has 1 aromatic carbocycles. The summed E-state index contributed by atoms with van der Waals surface area (Å²) in [7, 11) is -4.35. The topological polar surface area (TPSA) is 200 Å². The standard InChI is InChI=1S/C19H18N4O9S3/c24-14(9-4-2-1-3-5-9)15(25)20-12-16(26)23-13(18(27)28)10(6-33-17(12)23)7-34-19-22-21-11(32-19)8-35(29,30)31/h1-5,12,14,17,24H,6-8H2,(H,20,25)(H,27,28)(H,29,30,31)/t12?,14-,17-/m1/s1. The lowest BCUT2D eigenvalue weighted by atomic mass is 10.0. The van der Waals surface area contributed by atoms with Gasteiger partial charge in [-0.25, -0.2) is 4.79 Å². The molecule has 0 radical (unpaired) electrons. The van der Waals surface area contributed by atoms with Gasteiger partial charge in [-0.05, 0) is 11.1 Å². The number of carboxylic acid groups (broad SMARTS) is 1. The number of carbonyl (C=O) groups is 3. The molecule has 2 aromatic rings. The predicted molar refractivity (Wildman–Crippen MR) is 121 cm³/mol. The van der Waals surface area contributed by atoms with Gasteiger partial charge in [-0.15, -0.1) is 22.0 Å². The van der Waals surface area contributed by atoms with Crippen LogP contribution in [0.1, 0.15) is 17.6 Å². The fourth-order valence-corrected chi connectivity index (χ4v) is 6.17. The smallest absolute Gasteiger partial charge is 0.352 e. The molecular formula is C19H18N4O9S3. The summed E-state index contributed by atoms with van der Waals surface area (Å²) >= 11 is 2.19. The molecule has 2 aliphatic heterocycles. The Bertz CT molecular complexity index is 1300. The summed E-state index contributed by atoms with van der Waals surface area (Å²) < 4.78 is 35.8. The molecule has 16 heteroatoms. The number of amides is 2. The number of β-lactam (4-membered cyclic amide) rings is 1. The van der Waals surface area contributed by atoms with Gasteiger partial charge in [-0.3, -0.25) is 19.0 Å². The molecule has 0 bridgehead atoms. The largest absolute Gasteiger partial charge is 0.477 e. The number of thioether (sulfide) groups is 2. The minimum absolute atomic E-state index is 0.0389. The van der Waals surface area contributed by atoms with Crippen LogP contribution >= 0.6 is 23.5 Å². The van der Waals surface area contributed by atoms with E-state index in [1.807, 2.05) is 0 Å². The molecule has 186 valence electrons. The number of aromatic nitrogens is 2. The normalized spacial score (nSPS) is 20.7. The van der Waals surface area contributed by atoms with Crippen molar-refractivity contribution in [2.24, 2.45) is 0 Å². The number of carboxylic acids is 1. The molecule has 4 rings (SSSR count). The second-order valence-electron chi connectivity index (χ2n) is 7.44. The van der Waals surface area contributed by atoms with Gasteiger partial charge in [0.15, 0.2) is 11.9 Å². The van der Waals surface area contributed by atoms with E-state index in [4.69, 9.17) is 8.97 Å². The third-order valence-corrected chi connectivity index (χ3v) is 7.89. The maximum absolute atomic E-state index is 12.8. The van der Waals surface area contributed by atoms with Crippen molar-refractivity contribution >= 4 is 51.4 Å². The number of benzene rings is 1. The van der Waals surface area contributed by atoms with Crippen LogP contribution in [0.2, 0.25) is 0 Å². The summed E-state index contributed by atoms with van der Waals surface area (Å²) in [5, 5.41) is 28.9. The Morgan fingerprint density at radius 3 is 2.66 bits per heavy atom. The minimum atomic E-state index is -4.35. The number of fused-ring (bicyclic) bond motifs is 1. The van der Waals surface area contributed by atoms with Gasteiger partial charge < -0.3 is 19.9 Å². The van der Waals surface area contributed by atoms with Crippen LogP contribution in [-0.2, 0) is 30.3 Å². The Labute approximate surface area is 206 Å². The highest BCUT2D eigenvalue weighted by atomic mass is 32.2. The zero-order chi connectivity index (χ0) is 25.3. The predicted octanol–water partition coefficient (Wildman–Crippen LogP) is 0.0217. The molecule has 0 spiro atoms. The maximum atomic E-state index is 12.8. The molecule has 1 saturated heterocycles. The quantitative estimate of drug-likeness (QED) is 0.188. The number of nitrogens with zero attached hydrogens (tertiary/aromatic N) is 3. The van der Waals surface area contributed by atoms with Crippen molar-refractivity contribution in [2.45, 2.75) is 28.5 Å².